The molecule has 1 aromatic carbocycles. The fourth-order valence-corrected chi connectivity index (χ4v) is 1.85. The molecule has 5 heteroatoms. The molecule has 0 atom stereocenters. The minimum absolute atomic E-state index is 0.191. The molecule has 1 aromatic rings. The number of ether oxygens (including phenoxy) is 1. The molecule has 0 saturated heterocycles. The standard InChI is InChI=1S/C15H22N2O3/c1-4-20-14(18)10-17(11(2)3)9-12-6-5-7-13(8-12)15(16)19/h5-8,11H,4,9-10H2,1-3H3,(H2,16,19). The van der Waals surface area contributed by atoms with Crippen molar-refractivity contribution in [2.45, 2.75) is 33.4 Å². The number of esters is 1. The molecule has 0 bridgehead atoms. The fraction of sp³-hybridized carbons (Fsp3) is 0.467. The van der Waals surface area contributed by atoms with E-state index in [4.69, 9.17) is 10.5 Å². The van der Waals surface area contributed by atoms with Crippen LogP contribution in [0.3, 0.4) is 0 Å². The Morgan fingerprint density at radius 2 is 2.05 bits per heavy atom. The highest BCUT2D eigenvalue weighted by Gasteiger charge is 2.15. The normalized spacial score (nSPS) is 10.8. The van der Waals surface area contributed by atoms with Gasteiger partial charge in [0.15, 0.2) is 0 Å². The van der Waals surface area contributed by atoms with E-state index in [2.05, 4.69) is 0 Å². The van der Waals surface area contributed by atoms with E-state index in [1.165, 1.54) is 0 Å². The van der Waals surface area contributed by atoms with Gasteiger partial charge in [-0.2, -0.15) is 0 Å². The number of carbonyl (C=O) groups excluding carboxylic acids is 2. The van der Waals surface area contributed by atoms with Crippen LogP contribution in [0.1, 0.15) is 36.7 Å². The zero-order chi connectivity index (χ0) is 15.1. The molecule has 20 heavy (non-hydrogen) atoms. The number of benzene rings is 1. The van der Waals surface area contributed by atoms with Crippen LogP contribution < -0.4 is 5.73 Å². The molecule has 0 spiro atoms. The van der Waals surface area contributed by atoms with Crippen molar-refractivity contribution in [3.05, 3.63) is 35.4 Å². The van der Waals surface area contributed by atoms with Gasteiger partial charge in [0.2, 0.25) is 5.91 Å². The highest BCUT2D eigenvalue weighted by atomic mass is 16.5. The summed E-state index contributed by atoms with van der Waals surface area (Å²) in [6.07, 6.45) is 0. The molecule has 0 saturated carbocycles. The maximum absolute atomic E-state index is 11.6. The molecule has 0 aromatic heterocycles. The van der Waals surface area contributed by atoms with Crippen molar-refractivity contribution in [2.24, 2.45) is 5.73 Å². The molecular weight excluding hydrogens is 256 g/mol. The van der Waals surface area contributed by atoms with Crippen molar-refractivity contribution >= 4 is 11.9 Å². The Balaban J connectivity index is 2.77. The third-order valence-electron chi connectivity index (χ3n) is 2.96. The van der Waals surface area contributed by atoms with Gasteiger partial charge in [0.05, 0.1) is 13.2 Å². The number of amides is 1. The van der Waals surface area contributed by atoms with Gasteiger partial charge in [0, 0.05) is 18.2 Å². The van der Waals surface area contributed by atoms with E-state index in [-0.39, 0.29) is 18.6 Å². The summed E-state index contributed by atoms with van der Waals surface area (Å²) in [5, 5.41) is 0. The van der Waals surface area contributed by atoms with E-state index in [0.29, 0.717) is 18.7 Å². The summed E-state index contributed by atoms with van der Waals surface area (Å²) in [5.74, 6) is -0.694. The third kappa shape index (κ3) is 5.01. The van der Waals surface area contributed by atoms with Crippen molar-refractivity contribution in [1.82, 2.24) is 4.90 Å². The molecule has 0 heterocycles. The summed E-state index contributed by atoms with van der Waals surface area (Å²) in [5.41, 5.74) is 6.69. The van der Waals surface area contributed by atoms with Crippen molar-refractivity contribution in [3.63, 3.8) is 0 Å². The fourth-order valence-electron chi connectivity index (χ4n) is 1.85. The van der Waals surface area contributed by atoms with Gasteiger partial charge in [-0.1, -0.05) is 12.1 Å². The molecule has 0 fully saturated rings. The minimum Gasteiger partial charge on any atom is -0.465 e. The first-order valence-electron chi connectivity index (χ1n) is 6.72. The summed E-state index contributed by atoms with van der Waals surface area (Å²) < 4.78 is 4.97. The number of nitrogens with zero attached hydrogens (tertiary/aromatic N) is 1. The molecule has 110 valence electrons. The number of nitrogens with two attached hydrogens (primary N) is 1. The minimum atomic E-state index is -0.451. The average Bonchev–Trinajstić information content (AvgIpc) is 2.38. The molecule has 0 aliphatic rings. The number of carbonyl (C=O) groups is 2. The van der Waals surface area contributed by atoms with Crippen LogP contribution in [0.5, 0.6) is 0 Å². The second-order valence-corrected chi connectivity index (χ2v) is 4.87. The predicted molar refractivity (Wildman–Crippen MR) is 77.1 cm³/mol. The molecule has 2 N–H and O–H groups in total. The molecule has 0 unspecified atom stereocenters. The van der Waals surface area contributed by atoms with Gasteiger partial charge in [-0.3, -0.25) is 14.5 Å². The first-order chi connectivity index (χ1) is 9.43. The lowest BCUT2D eigenvalue weighted by atomic mass is 10.1. The number of hydrogen-bond donors (Lipinski definition) is 1. The number of hydrogen-bond acceptors (Lipinski definition) is 4. The van der Waals surface area contributed by atoms with Crippen LogP contribution in [-0.2, 0) is 16.1 Å². The summed E-state index contributed by atoms with van der Waals surface area (Å²) in [6.45, 7) is 6.98. The molecule has 0 radical (unpaired) electrons. The van der Waals surface area contributed by atoms with Gasteiger partial charge >= 0.3 is 5.97 Å². The zero-order valence-corrected chi connectivity index (χ0v) is 12.3. The number of rotatable bonds is 7. The highest BCUT2D eigenvalue weighted by Crippen LogP contribution is 2.10. The van der Waals surface area contributed by atoms with Gasteiger partial charge in [-0.25, -0.2) is 0 Å². The van der Waals surface area contributed by atoms with Crippen LogP contribution >= 0.6 is 0 Å². The van der Waals surface area contributed by atoms with Gasteiger partial charge in [0.25, 0.3) is 0 Å². The van der Waals surface area contributed by atoms with Crippen LogP contribution in [0.2, 0.25) is 0 Å². The quantitative estimate of drug-likeness (QED) is 0.768. The SMILES string of the molecule is CCOC(=O)CN(Cc1cccc(C(N)=O)c1)C(C)C. The monoisotopic (exact) mass is 278 g/mol. The van der Waals surface area contributed by atoms with Crippen LogP contribution in [0.4, 0.5) is 0 Å². The molecule has 0 aliphatic carbocycles. The smallest absolute Gasteiger partial charge is 0.320 e. The average molecular weight is 278 g/mol. The molecule has 5 nitrogen and oxygen atoms in total. The van der Waals surface area contributed by atoms with Crippen LogP contribution in [0.25, 0.3) is 0 Å². The lowest BCUT2D eigenvalue weighted by Crippen LogP contribution is -2.36. The Labute approximate surface area is 119 Å². The summed E-state index contributed by atoms with van der Waals surface area (Å²) in [4.78, 5) is 24.7. The van der Waals surface area contributed by atoms with Gasteiger partial charge in [-0.05, 0) is 38.5 Å². The first kappa shape index (κ1) is 16.2. The van der Waals surface area contributed by atoms with E-state index in [1.807, 2.05) is 24.8 Å². The van der Waals surface area contributed by atoms with Crippen LogP contribution in [0, 0.1) is 0 Å². The van der Waals surface area contributed by atoms with E-state index in [1.54, 1.807) is 25.1 Å². The molecular formula is C15H22N2O3. The zero-order valence-electron chi connectivity index (χ0n) is 12.3. The van der Waals surface area contributed by atoms with Crippen molar-refractivity contribution in [1.29, 1.82) is 0 Å². The number of primary amides is 1. The van der Waals surface area contributed by atoms with E-state index < -0.39 is 5.91 Å². The topological polar surface area (TPSA) is 72.6 Å². The third-order valence-corrected chi connectivity index (χ3v) is 2.96. The van der Waals surface area contributed by atoms with Crippen molar-refractivity contribution < 1.29 is 14.3 Å². The lowest BCUT2D eigenvalue weighted by Gasteiger charge is -2.25. The second kappa shape index (κ2) is 7.65. The summed E-state index contributed by atoms with van der Waals surface area (Å²) >= 11 is 0. The molecule has 0 aliphatic heterocycles. The van der Waals surface area contributed by atoms with Gasteiger partial charge < -0.3 is 10.5 Å². The van der Waals surface area contributed by atoms with Gasteiger partial charge in [0.1, 0.15) is 0 Å². The maximum atomic E-state index is 11.6. The highest BCUT2D eigenvalue weighted by molar-refractivity contribution is 5.92. The lowest BCUT2D eigenvalue weighted by molar-refractivity contribution is -0.145. The van der Waals surface area contributed by atoms with Crippen molar-refractivity contribution in [3.8, 4) is 0 Å². The summed E-state index contributed by atoms with van der Waals surface area (Å²) in [6, 6.07) is 7.32. The molecule has 1 amide bonds. The van der Waals surface area contributed by atoms with Crippen LogP contribution in [0.15, 0.2) is 24.3 Å². The Morgan fingerprint density at radius 1 is 1.35 bits per heavy atom. The Morgan fingerprint density at radius 3 is 2.60 bits per heavy atom. The maximum Gasteiger partial charge on any atom is 0.320 e. The Bertz CT molecular complexity index is 472. The molecule has 1 rings (SSSR count). The van der Waals surface area contributed by atoms with E-state index in [0.717, 1.165) is 5.56 Å². The summed E-state index contributed by atoms with van der Waals surface area (Å²) in [7, 11) is 0. The van der Waals surface area contributed by atoms with Gasteiger partial charge in [-0.15, -0.1) is 0 Å². The van der Waals surface area contributed by atoms with Crippen molar-refractivity contribution in [2.75, 3.05) is 13.2 Å². The van der Waals surface area contributed by atoms with E-state index in [9.17, 15) is 9.59 Å². The predicted octanol–water partition coefficient (Wildman–Crippen LogP) is 1.56. The Hall–Kier alpha value is -1.88. The second-order valence-electron chi connectivity index (χ2n) is 4.87. The Kier molecular flexibility index (Phi) is 6.18. The largest absolute Gasteiger partial charge is 0.465 e. The first-order valence-corrected chi connectivity index (χ1v) is 6.72. The van der Waals surface area contributed by atoms with E-state index >= 15 is 0 Å². The van der Waals surface area contributed by atoms with Crippen LogP contribution in [-0.4, -0.2) is 36.0 Å².